The van der Waals surface area contributed by atoms with Gasteiger partial charge in [-0.05, 0) is 13.0 Å². The maximum absolute atomic E-state index is 12.0. The number of hydrogen-bond donors (Lipinski definition) is 0. The lowest BCUT2D eigenvalue weighted by Gasteiger charge is -2.34. The van der Waals surface area contributed by atoms with Crippen molar-refractivity contribution in [2.24, 2.45) is 5.92 Å². The van der Waals surface area contributed by atoms with Gasteiger partial charge in [0.1, 0.15) is 5.92 Å². The fraction of sp³-hybridized carbons (Fsp3) is 0.833. The molecule has 1 fully saturated rings. The minimum atomic E-state index is -0.432. The van der Waals surface area contributed by atoms with E-state index in [2.05, 4.69) is 17.9 Å². The van der Waals surface area contributed by atoms with E-state index in [-0.39, 0.29) is 5.91 Å². The second-order valence-corrected chi connectivity index (χ2v) is 4.23. The largest absolute Gasteiger partial charge is 0.339 e. The zero-order valence-electron chi connectivity index (χ0n) is 10.3. The molecule has 1 atom stereocenters. The molecular weight excluding hydrogens is 202 g/mol. The van der Waals surface area contributed by atoms with Crippen molar-refractivity contribution in [3.63, 3.8) is 0 Å². The van der Waals surface area contributed by atoms with E-state index in [9.17, 15) is 4.79 Å². The second-order valence-electron chi connectivity index (χ2n) is 4.23. The van der Waals surface area contributed by atoms with Crippen molar-refractivity contribution >= 4 is 5.91 Å². The van der Waals surface area contributed by atoms with Crippen LogP contribution in [0.3, 0.4) is 0 Å². The Bertz CT molecular complexity index is 264. The molecule has 1 amide bonds. The van der Waals surface area contributed by atoms with E-state index in [0.717, 1.165) is 39.1 Å². The Hall–Kier alpha value is -1.08. The quantitative estimate of drug-likeness (QED) is 0.717. The smallest absolute Gasteiger partial charge is 0.240 e. The number of piperazine rings is 1. The normalized spacial score (nSPS) is 19.2. The standard InChI is InChI=1S/C12H21N3O/c1-3-5-11(10-13)12(16)15-8-6-14(4-2)7-9-15/h11H,3-9H2,1-2H3. The van der Waals surface area contributed by atoms with Gasteiger partial charge in [-0.3, -0.25) is 4.79 Å². The molecule has 4 heteroatoms. The molecule has 1 unspecified atom stereocenters. The molecule has 1 heterocycles. The summed E-state index contributed by atoms with van der Waals surface area (Å²) >= 11 is 0. The van der Waals surface area contributed by atoms with Crippen LogP contribution in [0.15, 0.2) is 0 Å². The maximum atomic E-state index is 12.0. The highest BCUT2D eigenvalue weighted by Crippen LogP contribution is 2.11. The molecule has 0 aromatic rings. The van der Waals surface area contributed by atoms with E-state index in [1.165, 1.54) is 0 Å². The molecule has 1 saturated heterocycles. The van der Waals surface area contributed by atoms with Gasteiger partial charge in [0.25, 0.3) is 0 Å². The molecule has 1 rings (SSSR count). The van der Waals surface area contributed by atoms with Gasteiger partial charge in [0.2, 0.25) is 5.91 Å². The predicted molar refractivity (Wildman–Crippen MR) is 62.7 cm³/mol. The number of nitrogens with zero attached hydrogens (tertiary/aromatic N) is 3. The van der Waals surface area contributed by atoms with Crippen LogP contribution < -0.4 is 0 Å². The van der Waals surface area contributed by atoms with Gasteiger partial charge in [0.15, 0.2) is 0 Å². The van der Waals surface area contributed by atoms with Crippen LogP contribution in [0.5, 0.6) is 0 Å². The minimum Gasteiger partial charge on any atom is -0.339 e. The van der Waals surface area contributed by atoms with E-state index in [4.69, 9.17) is 5.26 Å². The summed E-state index contributed by atoms with van der Waals surface area (Å²) in [7, 11) is 0. The third-order valence-corrected chi connectivity index (χ3v) is 3.16. The molecule has 16 heavy (non-hydrogen) atoms. The average molecular weight is 223 g/mol. The number of hydrogen-bond acceptors (Lipinski definition) is 3. The molecule has 0 aromatic carbocycles. The summed E-state index contributed by atoms with van der Waals surface area (Å²) in [5.41, 5.74) is 0. The number of amides is 1. The minimum absolute atomic E-state index is 0.0279. The molecule has 0 bridgehead atoms. The molecule has 0 aromatic heterocycles. The van der Waals surface area contributed by atoms with Crippen LogP contribution in [0.1, 0.15) is 26.7 Å². The third kappa shape index (κ3) is 3.21. The van der Waals surface area contributed by atoms with Crippen molar-refractivity contribution in [3.8, 4) is 6.07 Å². The van der Waals surface area contributed by atoms with Crippen LogP contribution in [0.25, 0.3) is 0 Å². The van der Waals surface area contributed by atoms with Crippen LogP contribution in [0.4, 0.5) is 0 Å². The van der Waals surface area contributed by atoms with Crippen molar-refractivity contribution in [1.29, 1.82) is 5.26 Å². The molecule has 90 valence electrons. The molecule has 0 radical (unpaired) electrons. The lowest BCUT2D eigenvalue weighted by molar-refractivity contribution is -0.135. The number of carbonyl (C=O) groups is 1. The van der Waals surface area contributed by atoms with E-state index in [0.29, 0.717) is 6.42 Å². The van der Waals surface area contributed by atoms with Gasteiger partial charge < -0.3 is 9.80 Å². The van der Waals surface area contributed by atoms with Crippen LogP contribution in [0, 0.1) is 17.2 Å². The first kappa shape index (κ1) is 13.0. The number of carbonyl (C=O) groups excluding carboxylic acids is 1. The van der Waals surface area contributed by atoms with Crippen LogP contribution in [-0.2, 0) is 4.79 Å². The lowest BCUT2D eigenvalue weighted by atomic mass is 10.0. The van der Waals surface area contributed by atoms with Crippen LogP contribution in [-0.4, -0.2) is 48.4 Å². The fourth-order valence-electron chi connectivity index (χ4n) is 2.04. The van der Waals surface area contributed by atoms with Crippen molar-refractivity contribution in [1.82, 2.24) is 9.80 Å². The first-order valence-electron chi connectivity index (χ1n) is 6.13. The Kier molecular flexibility index (Phi) is 5.27. The topological polar surface area (TPSA) is 47.3 Å². The van der Waals surface area contributed by atoms with Gasteiger partial charge in [-0.15, -0.1) is 0 Å². The molecule has 1 aliphatic heterocycles. The highest BCUT2D eigenvalue weighted by Gasteiger charge is 2.26. The van der Waals surface area contributed by atoms with Gasteiger partial charge in [-0.2, -0.15) is 5.26 Å². The molecular formula is C12H21N3O. The van der Waals surface area contributed by atoms with Crippen LogP contribution >= 0.6 is 0 Å². The first-order valence-corrected chi connectivity index (χ1v) is 6.13. The van der Waals surface area contributed by atoms with Crippen molar-refractivity contribution in [2.75, 3.05) is 32.7 Å². The average Bonchev–Trinajstić information content (AvgIpc) is 2.35. The summed E-state index contributed by atoms with van der Waals surface area (Å²) in [6.07, 6.45) is 1.57. The Morgan fingerprint density at radius 2 is 1.94 bits per heavy atom. The monoisotopic (exact) mass is 223 g/mol. The van der Waals surface area contributed by atoms with E-state index in [1.54, 1.807) is 0 Å². The van der Waals surface area contributed by atoms with Gasteiger partial charge in [0, 0.05) is 26.2 Å². The Balaban J connectivity index is 2.46. The predicted octanol–water partition coefficient (Wildman–Crippen LogP) is 1.09. The lowest BCUT2D eigenvalue weighted by Crippen LogP contribution is -2.50. The maximum Gasteiger partial charge on any atom is 0.240 e. The molecule has 0 aliphatic carbocycles. The summed E-state index contributed by atoms with van der Waals surface area (Å²) in [5.74, 6) is -0.404. The summed E-state index contributed by atoms with van der Waals surface area (Å²) in [5, 5.41) is 8.95. The SMILES string of the molecule is CCCC(C#N)C(=O)N1CCN(CC)CC1. The molecule has 1 aliphatic rings. The van der Waals surface area contributed by atoms with E-state index in [1.807, 2.05) is 11.8 Å². The second kappa shape index (κ2) is 6.49. The summed E-state index contributed by atoms with van der Waals surface area (Å²) in [6, 6.07) is 2.12. The molecule has 0 N–H and O–H groups in total. The Morgan fingerprint density at radius 1 is 1.31 bits per heavy atom. The summed E-state index contributed by atoms with van der Waals surface area (Å²) < 4.78 is 0. The van der Waals surface area contributed by atoms with Crippen molar-refractivity contribution in [3.05, 3.63) is 0 Å². The summed E-state index contributed by atoms with van der Waals surface area (Å²) in [6.45, 7) is 8.60. The zero-order chi connectivity index (χ0) is 12.0. The number of nitriles is 1. The number of rotatable bonds is 4. The fourth-order valence-corrected chi connectivity index (χ4v) is 2.04. The molecule has 4 nitrogen and oxygen atoms in total. The van der Waals surface area contributed by atoms with E-state index >= 15 is 0 Å². The highest BCUT2D eigenvalue weighted by molar-refractivity contribution is 5.81. The first-order chi connectivity index (χ1) is 7.72. The van der Waals surface area contributed by atoms with Crippen molar-refractivity contribution < 1.29 is 4.79 Å². The summed E-state index contributed by atoms with van der Waals surface area (Å²) in [4.78, 5) is 16.2. The van der Waals surface area contributed by atoms with Gasteiger partial charge in [0.05, 0.1) is 6.07 Å². The zero-order valence-corrected chi connectivity index (χ0v) is 10.3. The Labute approximate surface area is 97.8 Å². The third-order valence-electron chi connectivity index (χ3n) is 3.16. The van der Waals surface area contributed by atoms with Gasteiger partial charge in [-0.25, -0.2) is 0 Å². The van der Waals surface area contributed by atoms with E-state index < -0.39 is 5.92 Å². The van der Waals surface area contributed by atoms with Gasteiger partial charge >= 0.3 is 0 Å². The Morgan fingerprint density at radius 3 is 2.38 bits per heavy atom. The molecule has 0 spiro atoms. The molecule has 0 saturated carbocycles. The number of likely N-dealkylation sites (N-methyl/N-ethyl adjacent to an activating group) is 1. The highest BCUT2D eigenvalue weighted by atomic mass is 16.2. The van der Waals surface area contributed by atoms with Crippen molar-refractivity contribution in [2.45, 2.75) is 26.7 Å². The van der Waals surface area contributed by atoms with Gasteiger partial charge in [-0.1, -0.05) is 20.3 Å². The van der Waals surface area contributed by atoms with Crippen LogP contribution in [0.2, 0.25) is 0 Å².